The Labute approximate surface area is 217 Å². The molecular weight excluding hydrogens is 512 g/mol. The van der Waals surface area contributed by atoms with E-state index in [-0.39, 0.29) is 28.5 Å². The maximum absolute atomic E-state index is 12.6. The number of rotatable bonds is 11. The number of aromatic nitrogens is 3. The number of carbonyl (C=O) groups is 1. The van der Waals surface area contributed by atoms with Gasteiger partial charge in [0.25, 0.3) is 21.6 Å². The van der Waals surface area contributed by atoms with E-state index in [0.717, 1.165) is 0 Å². The van der Waals surface area contributed by atoms with E-state index < -0.39 is 20.9 Å². The standard InChI is InChI=1S/C24H22N8O5S/c33-23(17-4-3-5-19(16-17)32(34)35)26-14-15-28-24-27-13-11-22(30-24)29-18-7-9-20(10-8-18)38(36,37)31-21-6-1-2-12-25-21/h1-13,16H,14-15H2,(H,25,31)(H,26,33)(H2,27,28,29,30). The number of nitro benzene ring substituents is 1. The van der Waals surface area contributed by atoms with Gasteiger partial charge in [-0.2, -0.15) is 4.98 Å². The van der Waals surface area contributed by atoms with E-state index in [1.807, 2.05) is 0 Å². The molecule has 0 aliphatic carbocycles. The van der Waals surface area contributed by atoms with Gasteiger partial charge in [-0.3, -0.25) is 19.6 Å². The van der Waals surface area contributed by atoms with E-state index in [2.05, 4.69) is 35.6 Å². The molecule has 0 bridgehead atoms. The molecule has 4 rings (SSSR count). The number of hydrogen-bond donors (Lipinski definition) is 4. The number of nitrogens with one attached hydrogen (secondary N) is 4. The molecule has 0 aliphatic rings. The molecule has 0 unspecified atom stereocenters. The van der Waals surface area contributed by atoms with Gasteiger partial charge < -0.3 is 16.0 Å². The maximum Gasteiger partial charge on any atom is 0.270 e. The van der Waals surface area contributed by atoms with E-state index in [0.29, 0.717) is 24.0 Å². The number of amides is 1. The van der Waals surface area contributed by atoms with Crippen LogP contribution in [0.4, 0.5) is 29.0 Å². The average molecular weight is 535 g/mol. The minimum absolute atomic E-state index is 0.0749. The highest BCUT2D eigenvalue weighted by Crippen LogP contribution is 2.20. The lowest BCUT2D eigenvalue weighted by molar-refractivity contribution is -0.384. The Balaban J connectivity index is 1.29. The van der Waals surface area contributed by atoms with Gasteiger partial charge in [-0.15, -0.1) is 0 Å². The predicted octanol–water partition coefficient (Wildman–Crippen LogP) is 3.17. The Hall–Kier alpha value is -5.11. The zero-order valence-corrected chi connectivity index (χ0v) is 20.6. The fourth-order valence-electron chi connectivity index (χ4n) is 3.21. The lowest BCUT2D eigenvalue weighted by Gasteiger charge is -2.10. The average Bonchev–Trinajstić information content (AvgIpc) is 2.92. The Morgan fingerprint density at radius 3 is 2.45 bits per heavy atom. The molecule has 13 nitrogen and oxygen atoms in total. The molecule has 4 aromatic rings. The van der Waals surface area contributed by atoms with Crippen molar-refractivity contribution in [2.45, 2.75) is 4.90 Å². The van der Waals surface area contributed by atoms with Crippen molar-refractivity contribution in [2.75, 3.05) is 28.4 Å². The maximum atomic E-state index is 12.6. The van der Waals surface area contributed by atoms with Crippen LogP contribution >= 0.6 is 0 Å². The van der Waals surface area contributed by atoms with Crippen molar-refractivity contribution in [1.29, 1.82) is 0 Å². The minimum Gasteiger partial charge on any atom is -0.352 e. The van der Waals surface area contributed by atoms with E-state index in [1.54, 1.807) is 36.4 Å². The molecule has 1 amide bonds. The van der Waals surface area contributed by atoms with Crippen LogP contribution < -0.4 is 20.7 Å². The number of pyridine rings is 1. The van der Waals surface area contributed by atoms with Crippen LogP contribution in [0.5, 0.6) is 0 Å². The van der Waals surface area contributed by atoms with Crippen molar-refractivity contribution < 1.29 is 18.1 Å². The molecule has 0 atom stereocenters. The highest BCUT2D eigenvalue weighted by Gasteiger charge is 2.15. The largest absolute Gasteiger partial charge is 0.352 e. The van der Waals surface area contributed by atoms with Gasteiger partial charge in [0.1, 0.15) is 11.6 Å². The molecule has 2 aromatic carbocycles. The third-order valence-corrected chi connectivity index (χ3v) is 6.38. The van der Waals surface area contributed by atoms with Gasteiger partial charge in [0.15, 0.2) is 0 Å². The number of carbonyl (C=O) groups excluding carboxylic acids is 1. The van der Waals surface area contributed by atoms with Gasteiger partial charge >= 0.3 is 0 Å². The van der Waals surface area contributed by atoms with Gasteiger partial charge in [0.2, 0.25) is 5.95 Å². The fraction of sp³-hybridized carbons (Fsp3) is 0.0833. The summed E-state index contributed by atoms with van der Waals surface area (Å²) < 4.78 is 27.5. The molecule has 0 saturated carbocycles. The zero-order chi connectivity index (χ0) is 27.0. The quantitative estimate of drug-likeness (QED) is 0.127. The lowest BCUT2D eigenvalue weighted by atomic mass is 10.2. The molecule has 0 saturated heterocycles. The number of nitro groups is 1. The van der Waals surface area contributed by atoms with Gasteiger partial charge in [-0.1, -0.05) is 12.1 Å². The Kier molecular flexibility index (Phi) is 8.03. The third kappa shape index (κ3) is 6.98. The normalized spacial score (nSPS) is 10.8. The molecule has 14 heteroatoms. The van der Waals surface area contributed by atoms with Gasteiger partial charge in [-0.05, 0) is 48.5 Å². The van der Waals surface area contributed by atoms with Crippen LogP contribution in [0.25, 0.3) is 0 Å². The summed E-state index contributed by atoms with van der Waals surface area (Å²) >= 11 is 0. The predicted molar refractivity (Wildman–Crippen MR) is 141 cm³/mol. The highest BCUT2D eigenvalue weighted by molar-refractivity contribution is 7.92. The number of benzene rings is 2. The number of anilines is 4. The van der Waals surface area contributed by atoms with Crippen molar-refractivity contribution in [1.82, 2.24) is 20.3 Å². The highest BCUT2D eigenvalue weighted by atomic mass is 32.2. The van der Waals surface area contributed by atoms with E-state index in [9.17, 15) is 23.3 Å². The molecule has 0 fully saturated rings. The van der Waals surface area contributed by atoms with Crippen molar-refractivity contribution in [2.24, 2.45) is 0 Å². The van der Waals surface area contributed by atoms with Crippen molar-refractivity contribution in [3.05, 3.63) is 101 Å². The van der Waals surface area contributed by atoms with Crippen molar-refractivity contribution >= 4 is 44.9 Å². The first kappa shape index (κ1) is 26.0. The van der Waals surface area contributed by atoms with Crippen LogP contribution in [-0.2, 0) is 10.0 Å². The van der Waals surface area contributed by atoms with Crippen LogP contribution in [0.1, 0.15) is 10.4 Å². The van der Waals surface area contributed by atoms with Crippen molar-refractivity contribution in [3.8, 4) is 0 Å². The molecule has 0 aliphatic heterocycles. The summed E-state index contributed by atoms with van der Waals surface area (Å²) in [6.45, 7) is 0.533. The summed E-state index contributed by atoms with van der Waals surface area (Å²) in [4.78, 5) is 35.0. The number of nitrogens with zero attached hydrogens (tertiary/aromatic N) is 4. The molecule has 194 valence electrons. The molecule has 2 heterocycles. The summed E-state index contributed by atoms with van der Waals surface area (Å²) in [6, 6.07) is 18.1. The Bertz CT molecular complexity index is 1530. The molecule has 0 radical (unpaired) electrons. The second-order valence-corrected chi connectivity index (χ2v) is 9.41. The van der Waals surface area contributed by atoms with Gasteiger partial charge in [0, 0.05) is 48.9 Å². The van der Waals surface area contributed by atoms with Crippen LogP contribution in [0.15, 0.2) is 90.1 Å². The van der Waals surface area contributed by atoms with Crippen LogP contribution in [0, 0.1) is 10.1 Å². The molecule has 4 N–H and O–H groups in total. The topological polar surface area (TPSA) is 181 Å². The lowest BCUT2D eigenvalue weighted by Crippen LogP contribution is -2.29. The van der Waals surface area contributed by atoms with E-state index >= 15 is 0 Å². The second-order valence-electron chi connectivity index (χ2n) is 7.73. The van der Waals surface area contributed by atoms with Crippen LogP contribution in [-0.4, -0.2) is 47.3 Å². The zero-order valence-electron chi connectivity index (χ0n) is 19.7. The molecule has 0 spiro atoms. The first-order valence-corrected chi connectivity index (χ1v) is 12.7. The Morgan fingerprint density at radius 1 is 0.895 bits per heavy atom. The van der Waals surface area contributed by atoms with E-state index in [4.69, 9.17) is 0 Å². The minimum atomic E-state index is -3.79. The smallest absolute Gasteiger partial charge is 0.270 e. The van der Waals surface area contributed by atoms with Gasteiger partial charge in [0.05, 0.1) is 9.82 Å². The number of non-ortho nitro benzene ring substituents is 1. The summed E-state index contributed by atoms with van der Waals surface area (Å²) in [5.41, 5.74) is 0.634. The molecular formula is C24H22N8O5S. The summed E-state index contributed by atoms with van der Waals surface area (Å²) in [5.74, 6) is 0.551. The number of sulfonamides is 1. The molecule has 38 heavy (non-hydrogen) atoms. The Morgan fingerprint density at radius 2 is 1.71 bits per heavy atom. The van der Waals surface area contributed by atoms with Crippen LogP contribution in [0.2, 0.25) is 0 Å². The van der Waals surface area contributed by atoms with Crippen molar-refractivity contribution in [3.63, 3.8) is 0 Å². The van der Waals surface area contributed by atoms with Gasteiger partial charge in [-0.25, -0.2) is 18.4 Å². The summed E-state index contributed by atoms with van der Waals surface area (Å²) in [5, 5.41) is 19.6. The summed E-state index contributed by atoms with van der Waals surface area (Å²) in [7, 11) is -3.79. The van der Waals surface area contributed by atoms with E-state index in [1.165, 1.54) is 48.8 Å². The molecule has 2 aromatic heterocycles. The van der Waals surface area contributed by atoms with Crippen LogP contribution in [0.3, 0.4) is 0 Å². The first-order valence-electron chi connectivity index (χ1n) is 11.2. The third-order valence-electron chi connectivity index (χ3n) is 5.01. The summed E-state index contributed by atoms with van der Waals surface area (Å²) in [6.07, 6.45) is 3.03. The monoisotopic (exact) mass is 534 g/mol. The fourth-order valence-corrected chi connectivity index (χ4v) is 4.22. The first-order chi connectivity index (χ1) is 18.3. The SMILES string of the molecule is O=C(NCCNc1nccc(Nc2ccc(S(=O)(=O)Nc3ccccn3)cc2)n1)c1cccc([N+](=O)[O-])c1. The number of hydrogen-bond acceptors (Lipinski definition) is 10. The second kappa shape index (κ2) is 11.7.